The van der Waals surface area contributed by atoms with E-state index in [-0.39, 0.29) is 11.0 Å². The highest BCUT2D eigenvalue weighted by atomic mass is 35.5. The highest BCUT2D eigenvalue weighted by molar-refractivity contribution is 6.17. The second-order valence-electron chi connectivity index (χ2n) is 5.91. The van der Waals surface area contributed by atoms with E-state index >= 15 is 0 Å². The van der Waals surface area contributed by atoms with E-state index in [1.165, 1.54) is 6.20 Å². The van der Waals surface area contributed by atoms with Gasteiger partial charge in [-0.05, 0) is 23.5 Å². The first-order valence-corrected chi connectivity index (χ1v) is 7.74. The van der Waals surface area contributed by atoms with Crippen LogP contribution in [0.2, 0.25) is 0 Å². The number of para-hydroxylation sites is 1. The third kappa shape index (κ3) is 5.42. The number of rotatable bonds is 6. The van der Waals surface area contributed by atoms with E-state index in [1.54, 1.807) is 0 Å². The van der Waals surface area contributed by atoms with Crippen LogP contribution >= 0.6 is 11.6 Å². The van der Waals surface area contributed by atoms with Crippen LogP contribution in [0.15, 0.2) is 36.0 Å². The van der Waals surface area contributed by atoms with Crippen molar-refractivity contribution in [3.63, 3.8) is 0 Å². The van der Waals surface area contributed by atoms with Gasteiger partial charge in [-0.15, -0.1) is 11.6 Å². The van der Waals surface area contributed by atoms with Gasteiger partial charge >= 0.3 is 0 Å². The largest absolute Gasteiger partial charge is 0.360 e. The van der Waals surface area contributed by atoms with Crippen LogP contribution in [0.3, 0.4) is 0 Å². The Morgan fingerprint density at radius 3 is 2.64 bits per heavy atom. The molecule has 0 atom stereocenters. The van der Waals surface area contributed by atoms with Crippen LogP contribution in [0.5, 0.6) is 0 Å². The number of carbonyl (C=O) groups is 1. The maximum absolute atomic E-state index is 11.9. The van der Waals surface area contributed by atoms with Crippen LogP contribution in [0, 0.1) is 11.3 Å². The minimum absolute atomic E-state index is 0.0349. The molecular formula is C17H22ClN3O. The van der Waals surface area contributed by atoms with Gasteiger partial charge in [0.25, 0.3) is 5.91 Å². The first-order valence-electron chi connectivity index (χ1n) is 7.20. The zero-order valence-electron chi connectivity index (χ0n) is 13.2. The summed E-state index contributed by atoms with van der Waals surface area (Å²) in [5.41, 5.74) is 2.01. The van der Waals surface area contributed by atoms with Crippen molar-refractivity contribution in [1.29, 1.82) is 5.26 Å². The van der Waals surface area contributed by atoms with E-state index in [9.17, 15) is 4.79 Å². The predicted octanol–water partition coefficient (Wildman–Crippen LogP) is 3.55. The molecule has 0 bridgehead atoms. The van der Waals surface area contributed by atoms with E-state index in [2.05, 4.69) is 31.4 Å². The van der Waals surface area contributed by atoms with Crippen molar-refractivity contribution in [2.75, 3.05) is 17.7 Å². The van der Waals surface area contributed by atoms with E-state index < -0.39 is 5.91 Å². The number of halogens is 1. The minimum atomic E-state index is -0.395. The summed E-state index contributed by atoms with van der Waals surface area (Å²) in [6, 6.07) is 9.76. The molecule has 0 unspecified atom stereocenters. The molecule has 0 aliphatic heterocycles. The molecule has 5 heteroatoms. The Morgan fingerprint density at radius 2 is 2.05 bits per heavy atom. The summed E-state index contributed by atoms with van der Waals surface area (Å²) < 4.78 is 0. The van der Waals surface area contributed by atoms with E-state index in [0.717, 1.165) is 11.3 Å². The first-order chi connectivity index (χ1) is 10.4. The van der Waals surface area contributed by atoms with Gasteiger partial charge in [-0.1, -0.05) is 39.0 Å². The van der Waals surface area contributed by atoms with Gasteiger partial charge in [0.1, 0.15) is 11.6 Å². The standard InChI is InChI=1S/C17H22ClN3O/c1-17(2,3)14-7-4-5-8-15(14)21-12-13(11-19)16(22)20-10-6-9-18/h4-5,7-8,12,21H,6,9-10H2,1-3H3,(H,20,22)/b13-12-. The molecule has 0 saturated carbocycles. The zero-order chi connectivity index (χ0) is 16.6. The molecule has 1 aromatic rings. The van der Waals surface area contributed by atoms with Crippen molar-refractivity contribution >= 4 is 23.2 Å². The molecule has 22 heavy (non-hydrogen) atoms. The van der Waals surface area contributed by atoms with Gasteiger partial charge < -0.3 is 10.6 Å². The average Bonchev–Trinajstić information content (AvgIpc) is 2.47. The Bertz CT molecular complexity index is 582. The molecule has 0 aromatic heterocycles. The molecule has 0 aliphatic rings. The highest BCUT2D eigenvalue weighted by Gasteiger charge is 2.17. The monoisotopic (exact) mass is 319 g/mol. The lowest BCUT2D eigenvalue weighted by Crippen LogP contribution is -2.26. The lowest BCUT2D eigenvalue weighted by atomic mass is 9.86. The molecule has 0 heterocycles. The molecular weight excluding hydrogens is 298 g/mol. The van der Waals surface area contributed by atoms with E-state index in [1.807, 2.05) is 30.3 Å². The zero-order valence-corrected chi connectivity index (χ0v) is 14.0. The second kappa shape index (κ2) is 8.45. The third-order valence-corrected chi connectivity index (χ3v) is 3.34. The molecule has 1 rings (SSSR count). The SMILES string of the molecule is CC(C)(C)c1ccccc1N/C=C(/C#N)C(=O)NCCCCl. The summed E-state index contributed by atoms with van der Waals surface area (Å²) >= 11 is 5.56. The Morgan fingerprint density at radius 1 is 1.36 bits per heavy atom. The molecule has 4 nitrogen and oxygen atoms in total. The van der Waals surface area contributed by atoms with Crippen molar-refractivity contribution in [3.05, 3.63) is 41.6 Å². The Labute approximate surface area is 137 Å². The second-order valence-corrected chi connectivity index (χ2v) is 6.29. The maximum Gasteiger partial charge on any atom is 0.263 e. The first kappa shape index (κ1) is 18.1. The van der Waals surface area contributed by atoms with Gasteiger partial charge in [0.05, 0.1) is 0 Å². The number of benzene rings is 1. The number of alkyl halides is 1. The van der Waals surface area contributed by atoms with Crippen LogP contribution in [0.25, 0.3) is 0 Å². The average molecular weight is 320 g/mol. The van der Waals surface area contributed by atoms with Crippen molar-refractivity contribution in [1.82, 2.24) is 5.32 Å². The fourth-order valence-electron chi connectivity index (χ4n) is 1.93. The summed E-state index contributed by atoms with van der Waals surface area (Å²) in [6.07, 6.45) is 2.12. The fraction of sp³-hybridized carbons (Fsp3) is 0.412. The lowest BCUT2D eigenvalue weighted by Gasteiger charge is -2.22. The normalized spacial score (nSPS) is 11.7. The van der Waals surface area contributed by atoms with Crippen molar-refractivity contribution < 1.29 is 4.79 Å². The van der Waals surface area contributed by atoms with Gasteiger partial charge in [-0.25, -0.2) is 0 Å². The van der Waals surface area contributed by atoms with Gasteiger partial charge in [0.2, 0.25) is 0 Å². The number of nitriles is 1. The topological polar surface area (TPSA) is 64.9 Å². The van der Waals surface area contributed by atoms with Gasteiger partial charge in [-0.3, -0.25) is 4.79 Å². The number of hydrogen-bond donors (Lipinski definition) is 2. The summed E-state index contributed by atoms with van der Waals surface area (Å²) in [7, 11) is 0. The maximum atomic E-state index is 11.9. The summed E-state index contributed by atoms with van der Waals surface area (Å²) in [5, 5.41) is 14.8. The predicted molar refractivity (Wildman–Crippen MR) is 90.8 cm³/mol. The molecule has 0 spiro atoms. The molecule has 1 aromatic carbocycles. The van der Waals surface area contributed by atoms with E-state index in [4.69, 9.17) is 16.9 Å². The number of carbonyl (C=O) groups excluding carboxylic acids is 1. The van der Waals surface area contributed by atoms with Gasteiger partial charge in [-0.2, -0.15) is 5.26 Å². The number of nitrogens with zero attached hydrogens (tertiary/aromatic N) is 1. The number of anilines is 1. The quantitative estimate of drug-likeness (QED) is 0.365. The van der Waals surface area contributed by atoms with Crippen LogP contribution in [0.1, 0.15) is 32.8 Å². The Balaban J connectivity index is 2.86. The highest BCUT2D eigenvalue weighted by Crippen LogP contribution is 2.29. The van der Waals surface area contributed by atoms with Crippen LogP contribution < -0.4 is 10.6 Å². The molecule has 118 valence electrons. The molecule has 0 fully saturated rings. The van der Waals surface area contributed by atoms with Crippen LogP contribution in [-0.4, -0.2) is 18.3 Å². The number of amides is 1. The van der Waals surface area contributed by atoms with Crippen LogP contribution in [-0.2, 0) is 10.2 Å². The molecule has 1 amide bonds. The van der Waals surface area contributed by atoms with Crippen LogP contribution in [0.4, 0.5) is 5.69 Å². The van der Waals surface area contributed by atoms with Gasteiger partial charge in [0.15, 0.2) is 0 Å². The molecule has 0 radical (unpaired) electrons. The molecule has 0 saturated heterocycles. The molecule has 2 N–H and O–H groups in total. The smallest absolute Gasteiger partial charge is 0.263 e. The number of hydrogen-bond acceptors (Lipinski definition) is 3. The van der Waals surface area contributed by atoms with Gasteiger partial charge in [0, 0.05) is 24.3 Å². The molecule has 0 aliphatic carbocycles. The Hall–Kier alpha value is -1.99. The summed E-state index contributed by atoms with van der Waals surface area (Å²) in [6.45, 7) is 6.80. The van der Waals surface area contributed by atoms with Crippen molar-refractivity contribution in [2.24, 2.45) is 0 Å². The van der Waals surface area contributed by atoms with Crippen molar-refractivity contribution in [2.45, 2.75) is 32.6 Å². The third-order valence-electron chi connectivity index (χ3n) is 3.07. The summed E-state index contributed by atoms with van der Waals surface area (Å²) in [4.78, 5) is 11.9. The fourth-order valence-corrected chi connectivity index (χ4v) is 2.06. The number of nitrogens with one attached hydrogen (secondary N) is 2. The lowest BCUT2D eigenvalue weighted by molar-refractivity contribution is -0.117. The summed E-state index contributed by atoms with van der Waals surface area (Å²) in [5.74, 6) is 0.0802. The van der Waals surface area contributed by atoms with E-state index in [0.29, 0.717) is 18.8 Å². The van der Waals surface area contributed by atoms with Crippen molar-refractivity contribution in [3.8, 4) is 6.07 Å². The Kier molecular flexibility index (Phi) is 6.94. The minimum Gasteiger partial charge on any atom is -0.360 e.